The van der Waals surface area contributed by atoms with Gasteiger partial charge < -0.3 is 14.8 Å². The first kappa shape index (κ1) is 20.3. The van der Waals surface area contributed by atoms with E-state index in [1.54, 1.807) is 12.1 Å². The summed E-state index contributed by atoms with van der Waals surface area (Å²) >= 11 is 12.3. The summed E-state index contributed by atoms with van der Waals surface area (Å²) in [6.07, 6.45) is 2.62. The summed E-state index contributed by atoms with van der Waals surface area (Å²) < 4.78 is 11.3. The van der Waals surface area contributed by atoms with E-state index in [0.717, 1.165) is 43.9 Å². The Morgan fingerprint density at radius 2 is 1.79 bits per heavy atom. The third-order valence-electron chi connectivity index (χ3n) is 5.31. The van der Waals surface area contributed by atoms with E-state index < -0.39 is 0 Å². The average molecular weight is 435 g/mol. The monoisotopic (exact) mass is 434 g/mol. The van der Waals surface area contributed by atoms with Gasteiger partial charge in [0.2, 0.25) is 0 Å². The maximum Gasteiger partial charge on any atom is 0.251 e. The van der Waals surface area contributed by atoms with E-state index in [4.69, 9.17) is 32.7 Å². The summed E-state index contributed by atoms with van der Waals surface area (Å²) in [5, 5.41) is 4.30. The highest BCUT2D eigenvalue weighted by atomic mass is 35.5. The Morgan fingerprint density at radius 3 is 2.55 bits per heavy atom. The third kappa shape index (κ3) is 5.16. The molecule has 1 fully saturated rings. The zero-order valence-electron chi connectivity index (χ0n) is 16.1. The molecule has 154 valence electrons. The summed E-state index contributed by atoms with van der Waals surface area (Å²) in [6.45, 7) is 3.90. The molecular weight excluding hydrogens is 411 g/mol. The number of carbonyl (C=O) groups excluding carboxylic acids is 1. The van der Waals surface area contributed by atoms with E-state index in [-0.39, 0.29) is 11.9 Å². The van der Waals surface area contributed by atoms with Crippen molar-refractivity contribution in [2.75, 3.05) is 26.3 Å². The maximum atomic E-state index is 12.7. The van der Waals surface area contributed by atoms with Crippen LogP contribution in [0.25, 0.3) is 0 Å². The van der Waals surface area contributed by atoms with Gasteiger partial charge in [0.15, 0.2) is 11.5 Å². The fourth-order valence-electron chi connectivity index (χ4n) is 3.71. The van der Waals surface area contributed by atoms with Crippen LogP contribution in [0.5, 0.6) is 11.5 Å². The number of amides is 1. The summed E-state index contributed by atoms with van der Waals surface area (Å²) in [7, 11) is 0. The standard InChI is InChI=1S/C22H24Cl2N2O3/c23-17-4-2-15(3-5-17)14-26-8-6-18(7-9-26)25-22(27)16-12-19(24)21-20(13-16)28-10-1-11-29-21/h2-5,12-13,18H,1,6-11,14H2,(H,25,27). The zero-order valence-corrected chi connectivity index (χ0v) is 17.6. The number of likely N-dealkylation sites (tertiary alicyclic amines) is 1. The van der Waals surface area contributed by atoms with Gasteiger partial charge >= 0.3 is 0 Å². The van der Waals surface area contributed by atoms with Crippen molar-refractivity contribution in [3.05, 3.63) is 57.6 Å². The number of hydrogen-bond donors (Lipinski definition) is 1. The number of halogens is 2. The largest absolute Gasteiger partial charge is 0.489 e. The Morgan fingerprint density at radius 1 is 1.07 bits per heavy atom. The van der Waals surface area contributed by atoms with E-state index in [0.29, 0.717) is 35.3 Å². The van der Waals surface area contributed by atoms with Crippen LogP contribution in [0.3, 0.4) is 0 Å². The van der Waals surface area contributed by atoms with Gasteiger partial charge in [-0.15, -0.1) is 0 Å². The number of piperidine rings is 1. The van der Waals surface area contributed by atoms with Gasteiger partial charge in [0, 0.05) is 42.7 Å². The molecule has 0 bridgehead atoms. The van der Waals surface area contributed by atoms with Gasteiger partial charge in [0.1, 0.15) is 0 Å². The summed E-state index contributed by atoms with van der Waals surface area (Å²) in [6, 6.07) is 11.5. The molecule has 0 atom stereocenters. The van der Waals surface area contributed by atoms with E-state index in [9.17, 15) is 4.79 Å². The Balaban J connectivity index is 1.32. The lowest BCUT2D eigenvalue weighted by atomic mass is 10.0. The van der Waals surface area contributed by atoms with Crippen LogP contribution in [-0.4, -0.2) is 43.2 Å². The summed E-state index contributed by atoms with van der Waals surface area (Å²) in [5.41, 5.74) is 1.75. The molecule has 0 spiro atoms. The van der Waals surface area contributed by atoms with Crippen molar-refractivity contribution in [2.45, 2.75) is 31.8 Å². The van der Waals surface area contributed by atoms with Crippen molar-refractivity contribution in [3.63, 3.8) is 0 Å². The minimum Gasteiger partial charge on any atom is -0.489 e. The molecule has 5 nitrogen and oxygen atoms in total. The predicted octanol–water partition coefficient (Wildman–Crippen LogP) is 4.55. The van der Waals surface area contributed by atoms with E-state index in [1.165, 1.54) is 5.56 Å². The molecule has 29 heavy (non-hydrogen) atoms. The molecule has 2 aliphatic rings. The SMILES string of the molecule is O=C(NC1CCN(Cc2ccc(Cl)cc2)CC1)c1cc(Cl)c2c(c1)OCCCO2. The van der Waals surface area contributed by atoms with Crippen molar-refractivity contribution in [3.8, 4) is 11.5 Å². The van der Waals surface area contributed by atoms with Crippen molar-refractivity contribution in [2.24, 2.45) is 0 Å². The smallest absolute Gasteiger partial charge is 0.251 e. The lowest BCUT2D eigenvalue weighted by Gasteiger charge is -2.32. The van der Waals surface area contributed by atoms with Crippen LogP contribution in [-0.2, 0) is 6.54 Å². The van der Waals surface area contributed by atoms with Crippen molar-refractivity contribution in [1.29, 1.82) is 0 Å². The molecule has 0 radical (unpaired) electrons. The fourth-order valence-corrected chi connectivity index (χ4v) is 4.11. The third-order valence-corrected chi connectivity index (χ3v) is 5.84. The van der Waals surface area contributed by atoms with Crippen LogP contribution in [0.15, 0.2) is 36.4 Å². The number of benzene rings is 2. The van der Waals surface area contributed by atoms with Crippen LogP contribution in [0.2, 0.25) is 10.0 Å². The second kappa shape index (κ2) is 9.24. The first-order valence-electron chi connectivity index (χ1n) is 9.95. The highest BCUT2D eigenvalue weighted by Crippen LogP contribution is 2.38. The molecule has 0 aromatic heterocycles. The summed E-state index contributed by atoms with van der Waals surface area (Å²) in [5.74, 6) is 0.938. The molecule has 1 N–H and O–H groups in total. The van der Waals surface area contributed by atoms with Crippen LogP contribution in [0.1, 0.15) is 35.2 Å². The Kier molecular flexibility index (Phi) is 6.48. The molecule has 2 aliphatic heterocycles. The fraction of sp³-hybridized carbons (Fsp3) is 0.409. The van der Waals surface area contributed by atoms with Crippen LogP contribution in [0, 0.1) is 0 Å². The van der Waals surface area contributed by atoms with Gasteiger partial charge in [0.25, 0.3) is 5.91 Å². The minimum atomic E-state index is -0.126. The van der Waals surface area contributed by atoms with E-state index >= 15 is 0 Å². The number of hydrogen-bond acceptors (Lipinski definition) is 4. The Labute approximate surface area is 180 Å². The average Bonchev–Trinajstić information content (AvgIpc) is 2.97. The second-order valence-corrected chi connectivity index (χ2v) is 8.33. The summed E-state index contributed by atoms with van der Waals surface area (Å²) in [4.78, 5) is 15.1. The molecule has 1 amide bonds. The van der Waals surface area contributed by atoms with Crippen molar-refractivity contribution < 1.29 is 14.3 Å². The maximum absolute atomic E-state index is 12.7. The van der Waals surface area contributed by atoms with Gasteiger partial charge in [-0.1, -0.05) is 35.3 Å². The molecule has 4 rings (SSSR count). The highest BCUT2D eigenvalue weighted by molar-refractivity contribution is 6.32. The van der Waals surface area contributed by atoms with Gasteiger partial charge in [-0.2, -0.15) is 0 Å². The zero-order chi connectivity index (χ0) is 20.2. The molecule has 7 heteroatoms. The number of ether oxygens (including phenoxy) is 2. The highest BCUT2D eigenvalue weighted by Gasteiger charge is 2.23. The molecular formula is C22H24Cl2N2O3. The van der Waals surface area contributed by atoms with Crippen LogP contribution >= 0.6 is 23.2 Å². The van der Waals surface area contributed by atoms with Crippen LogP contribution < -0.4 is 14.8 Å². The van der Waals surface area contributed by atoms with Crippen molar-refractivity contribution >= 4 is 29.1 Å². The van der Waals surface area contributed by atoms with E-state index in [1.807, 2.05) is 12.1 Å². The molecule has 0 saturated carbocycles. The van der Waals surface area contributed by atoms with Gasteiger partial charge in [-0.3, -0.25) is 9.69 Å². The number of carbonyl (C=O) groups is 1. The Bertz CT molecular complexity index is 865. The molecule has 1 saturated heterocycles. The van der Waals surface area contributed by atoms with Gasteiger partial charge in [0.05, 0.1) is 18.2 Å². The first-order valence-corrected chi connectivity index (χ1v) is 10.7. The number of fused-ring (bicyclic) bond motifs is 1. The van der Waals surface area contributed by atoms with Crippen LogP contribution in [0.4, 0.5) is 0 Å². The van der Waals surface area contributed by atoms with Crippen molar-refractivity contribution in [1.82, 2.24) is 10.2 Å². The molecule has 2 heterocycles. The van der Waals surface area contributed by atoms with E-state index in [2.05, 4.69) is 22.3 Å². The normalized spacial score (nSPS) is 17.6. The Hall–Kier alpha value is -1.95. The second-order valence-electron chi connectivity index (χ2n) is 7.49. The number of rotatable bonds is 4. The first-order chi connectivity index (χ1) is 14.1. The van der Waals surface area contributed by atoms with Gasteiger partial charge in [-0.05, 0) is 42.7 Å². The topological polar surface area (TPSA) is 50.8 Å². The molecule has 0 unspecified atom stereocenters. The number of nitrogens with one attached hydrogen (secondary N) is 1. The minimum absolute atomic E-state index is 0.126. The lowest BCUT2D eigenvalue weighted by Crippen LogP contribution is -2.44. The quantitative estimate of drug-likeness (QED) is 0.766. The molecule has 0 aliphatic carbocycles. The predicted molar refractivity (Wildman–Crippen MR) is 114 cm³/mol. The van der Waals surface area contributed by atoms with Gasteiger partial charge in [-0.25, -0.2) is 0 Å². The molecule has 2 aromatic carbocycles. The lowest BCUT2D eigenvalue weighted by molar-refractivity contribution is 0.0908. The molecule has 2 aromatic rings. The number of nitrogens with zero attached hydrogens (tertiary/aromatic N) is 1.